The minimum atomic E-state index is 0.746. The fraction of sp³-hybridized carbons (Fsp3) is 0.500. The van der Waals surface area contributed by atoms with E-state index in [9.17, 15) is 0 Å². The van der Waals surface area contributed by atoms with Crippen LogP contribution in [0.1, 0.15) is 24.0 Å². The van der Waals surface area contributed by atoms with Gasteiger partial charge in [-0.25, -0.2) is 0 Å². The Kier molecular flexibility index (Phi) is 4.58. The Bertz CT molecular complexity index is 263. The summed E-state index contributed by atoms with van der Waals surface area (Å²) >= 11 is 0. The second-order valence-electron chi connectivity index (χ2n) is 3.57. The molecule has 0 N–H and O–H groups in total. The van der Waals surface area contributed by atoms with Gasteiger partial charge in [0.25, 0.3) is 0 Å². The van der Waals surface area contributed by atoms with Crippen molar-refractivity contribution in [2.24, 2.45) is 0 Å². The van der Waals surface area contributed by atoms with Gasteiger partial charge in [-0.2, -0.15) is 0 Å². The topological polar surface area (TPSA) is 9.23 Å². The van der Waals surface area contributed by atoms with E-state index in [0.29, 0.717) is 0 Å². The van der Waals surface area contributed by atoms with Crippen LogP contribution in [0.2, 0.25) is 6.32 Å². The second-order valence-corrected chi connectivity index (χ2v) is 3.57. The van der Waals surface area contributed by atoms with Gasteiger partial charge in [0.2, 0.25) is 0 Å². The summed E-state index contributed by atoms with van der Waals surface area (Å²) in [5, 5.41) is 0. The molecule has 1 aromatic carbocycles. The molecule has 0 unspecified atom stereocenters. The van der Waals surface area contributed by atoms with Crippen molar-refractivity contribution in [3.05, 3.63) is 29.3 Å². The predicted octanol–water partition coefficient (Wildman–Crippen LogP) is 3.05. The summed E-state index contributed by atoms with van der Waals surface area (Å²) in [5.41, 5.74) is 2.41. The molecule has 1 rings (SSSR count). The van der Waals surface area contributed by atoms with Crippen LogP contribution in [0.15, 0.2) is 18.2 Å². The number of rotatable bonds is 5. The third-order valence-electron chi connectivity index (χ3n) is 2.25. The molecule has 0 aliphatic carbocycles. The molecule has 0 amide bonds. The highest BCUT2D eigenvalue weighted by molar-refractivity contribution is 6.08. The summed E-state index contributed by atoms with van der Waals surface area (Å²) in [6, 6.07) is 6.20. The monoisotopic (exact) mass is 188 g/mol. The van der Waals surface area contributed by atoms with Gasteiger partial charge in [0.15, 0.2) is 0 Å². The standard InChI is InChI=1S/C12H17BO/c1-10-6-5-7-11(2)12(10)14-9-4-3-8-13/h5-7H,3-4,8-9H2,1-2H3. The van der Waals surface area contributed by atoms with E-state index in [0.717, 1.165) is 31.5 Å². The molecule has 1 nitrogen and oxygen atoms in total. The van der Waals surface area contributed by atoms with Crippen LogP contribution in [0, 0.1) is 13.8 Å². The fourth-order valence-corrected chi connectivity index (χ4v) is 1.45. The van der Waals surface area contributed by atoms with Crippen LogP contribution in [-0.4, -0.2) is 14.5 Å². The lowest BCUT2D eigenvalue weighted by Gasteiger charge is -2.11. The van der Waals surface area contributed by atoms with Gasteiger partial charge in [0, 0.05) is 0 Å². The van der Waals surface area contributed by atoms with Crippen molar-refractivity contribution in [2.45, 2.75) is 33.0 Å². The average molecular weight is 188 g/mol. The van der Waals surface area contributed by atoms with Gasteiger partial charge in [-0.3, -0.25) is 0 Å². The van der Waals surface area contributed by atoms with E-state index in [4.69, 9.17) is 12.6 Å². The number of hydrogen-bond donors (Lipinski definition) is 0. The normalized spacial score (nSPS) is 10.1. The first-order chi connectivity index (χ1) is 6.75. The Labute approximate surface area is 87.9 Å². The number of hydrogen-bond acceptors (Lipinski definition) is 1. The SMILES string of the molecule is [B]CCCCOc1c(C)cccc1C. The van der Waals surface area contributed by atoms with Gasteiger partial charge in [0.1, 0.15) is 5.75 Å². The van der Waals surface area contributed by atoms with Crippen molar-refractivity contribution in [3.63, 3.8) is 0 Å². The van der Waals surface area contributed by atoms with Crippen LogP contribution in [0.5, 0.6) is 5.75 Å². The lowest BCUT2D eigenvalue weighted by atomic mass is 10.0. The van der Waals surface area contributed by atoms with Crippen LogP contribution in [0.25, 0.3) is 0 Å². The lowest BCUT2D eigenvalue weighted by Crippen LogP contribution is -2.00. The Morgan fingerprint density at radius 3 is 2.36 bits per heavy atom. The molecule has 0 aliphatic heterocycles. The second kappa shape index (κ2) is 5.74. The van der Waals surface area contributed by atoms with Gasteiger partial charge in [0.05, 0.1) is 14.5 Å². The fourth-order valence-electron chi connectivity index (χ4n) is 1.45. The Balaban J connectivity index is 2.49. The van der Waals surface area contributed by atoms with Crippen molar-refractivity contribution in [3.8, 4) is 5.75 Å². The summed E-state index contributed by atoms with van der Waals surface area (Å²) < 4.78 is 5.71. The van der Waals surface area contributed by atoms with Gasteiger partial charge < -0.3 is 4.74 Å². The average Bonchev–Trinajstić information content (AvgIpc) is 2.16. The van der Waals surface area contributed by atoms with E-state index in [1.807, 2.05) is 0 Å². The van der Waals surface area contributed by atoms with E-state index in [1.165, 1.54) is 11.1 Å². The highest BCUT2D eigenvalue weighted by Crippen LogP contribution is 2.22. The van der Waals surface area contributed by atoms with E-state index < -0.39 is 0 Å². The van der Waals surface area contributed by atoms with Gasteiger partial charge in [-0.15, -0.1) is 0 Å². The Hall–Kier alpha value is -0.915. The number of ether oxygens (including phenoxy) is 1. The highest BCUT2D eigenvalue weighted by Gasteiger charge is 2.01. The minimum Gasteiger partial charge on any atom is -0.493 e. The summed E-state index contributed by atoms with van der Waals surface area (Å²) in [4.78, 5) is 0. The quantitative estimate of drug-likeness (QED) is 0.509. The van der Waals surface area contributed by atoms with Crippen molar-refractivity contribution < 1.29 is 4.74 Å². The molecular weight excluding hydrogens is 171 g/mol. The highest BCUT2D eigenvalue weighted by atomic mass is 16.5. The maximum absolute atomic E-state index is 5.71. The maximum atomic E-state index is 5.71. The maximum Gasteiger partial charge on any atom is 0.125 e. The van der Waals surface area contributed by atoms with E-state index in [2.05, 4.69) is 32.0 Å². The first kappa shape index (κ1) is 11.2. The Morgan fingerprint density at radius 2 is 1.79 bits per heavy atom. The van der Waals surface area contributed by atoms with Crippen molar-refractivity contribution in [1.29, 1.82) is 0 Å². The first-order valence-corrected chi connectivity index (χ1v) is 5.15. The molecule has 0 spiro atoms. The van der Waals surface area contributed by atoms with Crippen molar-refractivity contribution in [2.75, 3.05) is 6.61 Å². The smallest absolute Gasteiger partial charge is 0.125 e. The van der Waals surface area contributed by atoms with Crippen LogP contribution >= 0.6 is 0 Å². The molecule has 14 heavy (non-hydrogen) atoms. The molecule has 2 heteroatoms. The van der Waals surface area contributed by atoms with E-state index in [-0.39, 0.29) is 0 Å². The first-order valence-electron chi connectivity index (χ1n) is 5.15. The summed E-state index contributed by atoms with van der Waals surface area (Å²) in [7, 11) is 5.41. The van der Waals surface area contributed by atoms with Crippen LogP contribution in [0.3, 0.4) is 0 Å². The molecule has 74 valence electrons. The van der Waals surface area contributed by atoms with Gasteiger partial charge in [-0.1, -0.05) is 30.9 Å². The molecule has 0 aromatic heterocycles. The molecule has 0 saturated carbocycles. The predicted molar refractivity (Wildman–Crippen MR) is 61.2 cm³/mol. The molecule has 0 fully saturated rings. The zero-order valence-corrected chi connectivity index (χ0v) is 9.05. The van der Waals surface area contributed by atoms with Crippen LogP contribution < -0.4 is 4.74 Å². The zero-order chi connectivity index (χ0) is 10.4. The molecule has 2 radical (unpaired) electrons. The molecule has 0 saturated heterocycles. The number of benzene rings is 1. The number of para-hydroxylation sites is 1. The molecule has 0 atom stereocenters. The van der Waals surface area contributed by atoms with Crippen LogP contribution in [0.4, 0.5) is 0 Å². The molecule has 0 heterocycles. The van der Waals surface area contributed by atoms with Crippen molar-refractivity contribution in [1.82, 2.24) is 0 Å². The molecule has 1 aromatic rings. The zero-order valence-electron chi connectivity index (χ0n) is 9.05. The van der Waals surface area contributed by atoms with Gasteiger partial charge >= 0.3 is 0 Å². The van der Waals surface area contributed by atoms with E-state index in [1.54, 1.807) is 0 Å². The largest absolute Gasteiger partial charge is 0.493 e. The number of unbranched alkanes of at least 4 members (excludes halogenated alkanes) is 1. The molecular formula is C12H17BO. The minimum absolute atomic E-state index is 0.746. The van der Waals surface area contributed by atoms with E-state index >= 15 is 0 Å². The van der Waals surface area contributed by atoms with Crippen LogP contribution in [-0.2, 0) is 0 Å². The summed E-state index contributed by atoms with van der Waals surface area (Å²) in [6.45, 7) is 4.92. The Morgan fingerprint density at radius 1 is 1.14 bits per heavy atom. The van der Waals surface area contributed by atoms with Gasteiger partial charge in [-0.05, 0) is 31.4 Å². The molecule has 0 aliphatic rings. The summed E-state index contributed by atoms with van der Waals surface area (Å²) in [5.74, 6) is 1.03. The third kappa shape index (κ3) is 3.10. The van der Waals surface area contributed by atoms with Crippen molar-refractivity contribution >= 4 is 7.85 Å². The third-order valence-corrected chi connectivity index (χ3v) is 2.25. The lowest BCUT2D eigenvalue weighted by molar-refractivity contribution is 0.305. The number of aryl methyl sites for hydroxylation is 2. The molecule has 0 bridgehead atoms. The summed E-state index contributed by atoms with van der Waals surface area (Å²) in [6.07, 6.45) is 2.81.